The van der Waals surface area contributed by atoms with Crippen molar-refractivity contribution in [2.24, 2.45) is 17.3 Å². The van der Waals surface area contributed by atoms with E-state index in [9.17, 15) is 15.8 Å². The molecule has 6 heteroatoms. The molecule has 1 aliphatic carbocycles. The predicted molar refractivity (Wildman–Crippen MR) is 95.8 cm³/mol. The van der Waals surface area contributed by atoms with Crippen molar-refractivity contribution in [1.29, 1.82) is 21.2 Å². The molecule has 26 heavy (non-hydrogen) atoms. The van der Waals surface area contributed by atoms with Crippen molar-refractivity contribution in [3.63, 3.8) is 0 Å². The van der Waals surface area contributed by atoms with Gasteiger partial charge in [-0.2, -0.15) is 15.8 Å². The Balaban J connectivity index is 2.20. The third kappa shape index (κ3) is 2.58. The van der Waals surface area contributed by atoms with Crippen LogP contribution in [0.4, 0.5) is 0 Å². The second-order valence-electron chi connectivity index (χ2n) is 6.84. The summed E-state index contributed by atoms with van der Waals surface area (Å²) >= 11 is 0. The molecule has 2 heterocycles. The fourth-order valence-corrected chi connectivity index (χ4v) is 4.30. The largest absolute Gasteiger partial charge is 0.305 e. The molecule has 0 amide bonds. The minimum atomic E-state index is -1.65. The van der Waals surface area contributed by atoms with Crippen LogP contribution in [0, 0.1) is 56.7 Å². The average Bonchev–Trinajstić information content (AvgIpc) is 2.68. The zero-order valence-electron chi connectivity index (χ0n) is 14.7. The van der Waals surface area contributed by atoms with E-state index in [2.05, 4.69) is 35.0 Å². The summed E-state index contributed by atoms with van der Waals surface area (Å²) in [7, 11) is 0. The topological polar surface area (TPSA) is 111 Å². The van der Waals surface area contributed by atoms with Crippen LogP contribution in [0.3, 0.4) is 0 Å². The fraction of sp³-hybridized carbons (Fsp3) is 0.450. The summed E-state index contributed by atoms with van der Waals surface area (Å²) in [5.74, 6) is -1.47. The molecule has 3 rings (SSSR count). The molecule has 1 N–H and O–H groups in total. The van der Waals surface area contributed by atoms with Gasteiger partial charge in [0, 0.05) is 37.3 Å². The molecular formula is C20H20N6. The average molecular weight is 344 g/mol. The Morgan fingerprint density at radius 2 is 2.12 bits per heavy atom. The van der Waals surface area contributed by atoms with Gasteiger partial charge in [0.2, 0.25) is 0 Å². The molecule has 0 radical (unpaired) electrons. The number of nitrogens with one attached hydrogen (secondary N) is 1. The van der Waals surface area contributed by atoms with Gasteiger partial charge >= 0.3 is 0 Å². The lowest BCUT2D eigenvalue weighted by molar-refractivity contribution is 0.204. The Labute approximate surface area is 153 Å². The number of hydrogen-bond acceptors (Lipinski definition) is 6. The second kappa shape index (κ2) is 7.08. The first-order chi connectivity index (χ1) is 12.6. The Bertz CT molecular complexity index is 837. The number of fused-ring (bicyclic) bond motifs is 1. The molecule has 3 atom stereocenters. The van der Waals surface area contributed by atoms with Crippen LogP contribution < -0.4 is 0 Å². The van der Waals surface area contributed by atoms with E-state index in [1.54, 1.807) is 18.5 Å². The van der Waals surface area contributed by atoms with Crippen LogP contribution in [0.25, 0.3) is 0 Å². The van der Waals surface area contributed by atoms with E-state index < -0.39 is 17.3 Å². The number of hydrogen-bond donors (Lipinski definition) is 1. The molecule has 1 saturated carbocycles. The lowest BCUT2D eigenvalue weighted by atomic mass is 9.54. The summed E-state index contributed by atoms with van der Waals surface area (Å²) < 4.78 is 0. The normalized spacial score (nSPS) is 27.4. The Kier molecular flexibility index (Phi) is 4.85. The van der Waals surface area contributed by atoms with Crippen molar-refractivity contribution in [2.45, 2.75) is 19.3 Å². The molecule has 2 aliphatic rings. The first-order valence-electron chi connectivity index (χ1n) is 8.76. The number of rotatable bonds is 3. The van der Waals surface area contributed by atoms with Gasteiger partial charge in [-0.3, -0.25) is 9.88 Å². The van der Waals surface area contributed by atoms with E-state index in [4.69, 9.17) is 5.41 Å². The molecule has 1 fully saturated rings. The summed E-state index contributed by atoms with van der Waals surface area (Å²) in [5, 5.41) is 38.1. The Morgan fingerprint density at radius 3 is 2.69 bits per heavy atom. The van der Waals surface area contributed by atoms with E-state index in [-0.39, 0.29) is 11.6 Å². The van der Waals surface area contributed by atoms with Crippen molar-refractivity contribution in [3.05, 3.63) is 41.7 Å². The first kappa shape index (κ1) is 17.8. The van der Waals surface area contributed by atoms with E-state index in [0.29, 0.717) is 6.54 Å². The zero-order valence-corrected chi connectivity index (χ0v) is 14.7. The summed E-state index contributed by atoms with van der Waals surface area (Å²) in [6.45, 7) is 4.44. The highest BCUT2D eigenvalue weighted by Gasteiger charge is 2.57. The van der Waals surface area contributed by atoms with Crippen LogP contribution in [0.15, 0.2) is 36.2 Å². The minimum absolute atomic E-state index is 0.106. The highest BCUT2D eigenvalue weighted by Crippen LogP contribution is 2.53. The van der Waals surface area contributed by atoms with Crippen molar-refractivity contribution in [3.8, 4) is 18.2 Å². The van der Waals surface area contributed by atoms with Crippen molar-refractivity contribution in [1.82, 2.24) is 9.88 Å². The third-order valence-corrected chi connectivity index (χ3v) is 5.45. The maximum Gasteiger partial charge on any atom is 0.189 e. The molecule has 6 nitrogen and oxygen atoms in total. The maximum absolute atomic E-state index is 9.94. The van der Waals surface area contributed by atoms with Gasteiger partial charge in [-0.25, -0.2) is 0 Å². The smallest absolute Gasteiger partial charge is 0.189 e. The molecule has 130 valence electrons. The number of aromatic nitrogens is 1. The van der Waals surface area contributed by atoms with Crippen LogP contribution in [0.1, 0.15) is 24.8 Å². The highest BCUT2D eigenvalue weighted by atomic mass is 15.1. The summed E-state index contributed by atoms with van der Waals surface area (Å²) in [4.78, 5) is 6.44. The predicted octanol–water partition coefficient (Wildman–Crippen LogP) is 2.64. The summed E-state index contributed by atoms with van der Waals surface area (Å²) in [5.41, 5.74) is -0.114. The van der Waals surface area contributed by atoms with Crippen molar-refractivity contribution >= 4 is 5.71 Å². The molecule has 1 aliphatic heterocycles. The van der Waals surface area contributed by atoms with Gasteiger partial charge in [0.05, 0.1) is 23.9 Å². The van der Waals surface area contributed by atoms with Crippen molar-refractivity contribution < 1.29 is 0 Å². The van der Waals surface area contributed by atoms with Crippen LogP contribution in [-0.4, -0.2) is 35.2 Å². The number of nitriles is 3. The quantitative estimate of drug-likeness (QED) is 0.847. The van der Waals surface area contributed by atoms with E-state index in [0.717, 1.165) is 30.6 Å². The summed E-state index contributed by atoms with van der Waals surface area (Å²) in [6.07, 6.45) is 6.35. The lowest BCUT2D eigenvalue weighted by Gasteiger charge is -2.47. The fourth-order valence-electron chi connectivity index (χ4n) is 4.30. The number of pyridine rings is 1. The van der Waals surface area contributed by atoms with E-state index in [1.165, 1.54) is 0 Å². The molecule has 3 unspecified atom stereocenters. The minimum Gasteiger partial charge on any atom is -0.305 e. The molecule has 1 aromatic rings. The molecule has 0 bridgehead atoms. The Hall–Kier alpha value is -3.01. The number of nitrogens with zero attached hydrogens (tertiary/aromatic N) is 5. The first-order valence-corrected chi connectivity index (χ1v) is 8.76. The molecular weight excluding hydrogens is 324 g/mol. The SMILES string of the molecule is CCCN1CC=C2C(C#N)C(=N)C(C#N)(C#N)C(c3cccnc3)C2C1. The molecule has 1 aromatic heterocycles. The van der Waals surface area contributed by atoms with Gasteiger partial charge in [0.1, 0.15) is 5.92 Å². The van der Waals surface area contributed by atoms with Gasteiger partial charge in [-0.1, -0.05) is 19.1 Å². The van der Waals surface area contributed by atoms with Crippen LogP contribution in [0.2, 0.25) is 0 Å². The second-order valence-corrected chi connectivity index (χ2v) is 6.84. The van der Waals surface area contributed by atoms with Gasteiger partial charge in [0.15, 0.2) is 5.41 Å². The van der Waals surface area contributed by atoms with Gasteiger partial charge in [-0.15, -0.1) is 0 Å². The molecule has 0 spiro atoms. The van der Waals surface area contributed by atoms with Gasteiger partial charge in [-0.05, 0) is 30.2 Å². The lowest BCUT2D eigenvalue weighted by Crippen LogP contribution is -2.53. The van der Waals surface area contributed by atoms with Gasteiger partial charge in [0.25, 0.3) is 0 Å². The van der Waals surface area contributed by atoms with Crippen LogP contribution >= 0.6 is 0 Å². The summed E-state index contributed by atoms with van der Waals surface area (Å²) in [6, 6.07) is 10.0. The zero-order chi connectivity index (χ0) is 18.7. The van der Waals surface area contributed by atoms with Crippen LogP contribution in [0.5, 0.6) is 0 Å². The van der Waals surface area contributed by atoms with Crippen molar-refractivity contribution in [2.75, 3.05) is 19.6 Å². The third-order valence-electron chi connectivity index (χ3n) is 5.45. The van der Waals surface area contributed by atoms with E-state index >= 15 is 0 Å². The van der Waals surface area contributed by atoms with Gasteiger partial charge < -0.3 is 5.41 Å². The highest BCUT2D eigenvalue weighted by molar-refractivity contribution is 6.00. The van der Waals surface area contributed by atoms with E-state index in [1.807, 2.05) is 12.1 Å². The van der Waals surface area contributed by atoms with Crippen LogP contribution in [-0.2, 0) is 0 Å². The Morgan fingerprint density at radius 1 is 1.35 bits per heavy atom. The molecule has 0 aromatic carbocycles. The maximum atomic E-state index is 9.94. The monoisotopic (exact) mass is 344 g/mol. The standard InChI is InChI=1S/C20H20N6/c1-2-7-26-8-5-15-16(9-21)19(24)20(12-22,13-23)18(17(15)11-26)14-4-3-6-25-10-14/h3-6,10,16-18,24H,2,7-8,11H2,1H3. The molecule has 0 saturated heterocycles.